The number of rotatable bonds is 1. The van der Waals surface area contributed by atoms with Gasteiger partial charge >= 0.3 is 0 Å². The van der Waals surface area contributed by atoms with Crippen LogP contribution in [0.1, 0.15) is 21.6 Å². The number of amides is 1. The van der Waals surface area contributed by atoms with Gasteiger partial charge in [0.15, 0.2) is 0 Å². The molecule has 0 fully saturated rings. The lowest BCUT2D eigenvalue weighted by atomic mass is 10.1. The smallest absolute Gasteiger partial charge is 0.254 e. The molecule has 1 N–H and O–H groups in total. The van der Waals surface area contributed by atoms with Crippen LogP contribution in [-0.4, -0.2) is 17.9 Å². The van der Waals surface area contributed by atoms with E-state index in [0.29, 0.717) is 5.56 Å². The van der Waals surface area contributed by atoms with E-state index in [4.69, 9.17) is 11.6 Å². The van der Waals surface area contributed by atoms with Crippen LogP contribution in [0.2, 0.25) is 5.15 Å². The van der Waals surface area contributed by atoms with Crippen molar-refractivity contribution in [3.8, 4) is 0 Å². The van der Waals surface area contributed by atoms with Gasteiger partial charge in [0.2, 0.25) is 0 Å². The van der Waals surface area contributed by atoms with E-state index in [1.54, 1.807) is 7.05 Å². The van der Waals surface area contributed by atoms with Crippen LogP contribution < -0.4 is 5.32 Å². The zero-order chi connectivity index (χ0) is 10.0. The first-order chi connectivity index (χ1) is 6.06. The van der Waals surface area contributed by atoms with E-state index < -0.39 is 0 Å². The predicted octanol–water partition coefficient (Wildman–Crippen LogP) is 1.71. The predicted molar refractivity (Wildman–Crippen MR) is 52.1 cm³/mol. The number of carbonyl (C=O) groups excluding carboxylic acids is 1. The van der Waals surface area contributed by atoms with E-state index in [1.165, 1.54) is 0 Å². The van der Waals surface area contributed by atoms with Crippen molar-refractivity contribution in [3.05, 3.63) is 28.0 Å². The van der Waals surface area contributed by atoms with Crippen LogP contribution in [-0.2, 0) is 0 Å². The summed E-state index contributed by atoms with van der Waals surface area (Å²) in [6, 6.07) is 1.83. The summed E-state index contributed by atoms with van der Waals surface area (Å²) in [6.07, 6.45) is 0. The van der Waals surface area contributed by atoms with E-state index in [1.807, 2.05) is 19.9 Å². The monoisotopic (exact) mass is 198 g/mol. The van der Waals surface area contributed by atoms with Gasteiger partial charge < -0.3 is 5.32 Å². The van der Waals surface area contributed by atoms with Crippen molar-refractivity contribution >= 4 is 17.5 Å². The summed E-state index contributed by atoms with van der Waals surface area (Å²) in [6.45, 7) is 3.68. The third-order valence-corrected chi connectivity index (χ3v) is 2.03. The van der Waals surface area contributed by atoms with Crippen LogP contribution in [0.3, 0.4) is 0 Å². The summed E-state index contributed by atoms with van der Waals surface area (Å²) < 4.78 is 0. The molecule has 1 heterocycles. The van der Waals surface area contributed by atoms with Gasteiger partial charge in [0.05, 0.1) is 5.56 Å². The molecule has 0 radical (unpaired) electrons. The molecule has 0 saturated carbocycles. The van der Waals surface area contributed by atoms with Crippen molar-refractivity contribution < 1.29 is 4.79 Å². The second-order valence-electron chi connectivity index (χ2n) is 2.83. The Bertz CT molecular complexity index is 326. The summed E-state index contributed by atoms with van der Waals surface area (Å²) in [4.78, 5) is 15.3. The number of carbonyl (C=O) groups is 1. The number of nitrogens with one attached hydrogen (secondary N) is 1. The molecule has 3 nitrogen and oxygen atoms in total. The summed E-state index contributed by atoms with van der Waals surface area (Å²) in [7, 11) is 1.57. The Morgan fingerprint density at radius 3 is 2.62 bits per heavy atom. The SMILES string of the molecule is CNC(=O)c1c(C)cc(C)nc1Cl. The van der Waals surface area contributed by atoms with Crippen LogP contribution in [0.4, 0.5) is 0 Å². The molecule has 13 heavy (non-hydrogen) atoms. The van der Waals surface area contributed by atoms with Crippen LogP contribution in [0.15, 0.2) is 6.07 Å². The zero-order valence-corrected chi connectivity index (χ0v) is 8.57. The maximum Gasteiger partial charge on any atom is 0.254 e. The second-order valence-corrected chi connectivity index (χ2v) is 3.18. The second kappa shape index (κ2) is 3.75. The zero-order valence-electron chi connectivity index (χ0n) is 7.81. The lowest BCUT2D eigenvalue weighted by molar-refractivity contribution is 0.0962. The summed E-state index contributed by atoms with van der Waals surface area (Å²) in [5.41, 5.74) is 2.11. The van der Waals surface area contributed by atoms with Gasteiger partial charge in [-0.3, -0.25) is 4.79 Å². The molecule has 0 aromatic carbocycles. The van der Waals surface area contributed by atoms with Crippen molar-refractivity contribution in [2.24, 2.45) is 0 Å². The van der Waals surface area contributed by atoms with E-state index in [0.717, 1.165) is 11.3 Å². The van der Waals surface area contributed by atoms with Crippen LogP contribution in [0, 0.1) is 13.8 Å². The Morgan fingerprint density at radius 1 is 1.54 bits per heavy atom. The molecule has 1 aromatic heterocycles. The third kappa shape index (κ3) is 1.98. The fraction of sp³-hybridized carbons (Fsp3) is 0.333. The molecule has 4 heteroatoms. The molecule has 1 amide bonds. The molecular weight excluding hydrogens is 188 g/mol. The highest BCUT2D eigenvalue weighted by Crippen LogP contribution is 2.18. The highest BCUT2D eigenvalue weighted by atomic mass is 35.5. The van der Waals surface area contributed by atoms with Gasteiger partial charge in [-0.15, -0.1) is 0 Å². The number of nitrogens with zero attached hydrogens (tertiary/aromatic N) is 1. The molecule has 0 unspecified atom stereocenters. The normalized spacial score (nSPS) is 9.85. The molecule has 1 aromatic rings. The van der Waals surface area contributed by atoms with Crippen molar-refractivity contribution in [2.75, 3.05) is 7.05 Å². The molecule has 1 rings (SSSR count). The quantitative estimate of drug-likeness (QED) is 0.699. The van der Waals surface area contributed by atoms with Crippen LogP contribution >= 0.6 is 11.6 Å². The van der Waals surface area contributed by atoms with Gasteiger partial charge in [0, 0.05) is 12.7 Å². The molecule has 0 aliphatic heterocycles. The lowest BCUT2D eigenvalue weighted by Gasteiger charge is -2.06. The average molecular weight is 199 g/mol. The van der Waals surface area contributed by atoms with E-state index in [9.17, 15) is 4.79 Å². The minimum absolute atomic E-state index is 0.199. The van der Waals surface area contributed by atoms with E-state index >= 15 is 0 Å². The van der Waals surface area contributed by atoms with Crippen molar-refractivity contribution in [1.82, 2.24) is 10.3 Å². The van der Waals surface area contributed by atoms with Crippen LogP contribution in [0.5, 0.6) is 0 Å². The van der Waals surface area contributed by atoms with Gasteiger partial charge in [-0.25, -0.2) is 4.98 Å². The number of hydrogen-bond donors (Lipinski definition) is 1. The minimum atomic E-state index is -0.199. The first-order valence-corrected chi connectivity index (χ1v) is 4.30. The maximum atomic E-state index is 11.3. The van der Waals surface area contributed by atoms with Gasteiger partial charge in [0.25, 0.3) is 5.91 Å². The Labute approximate surface area is 82.1 Å². The fourth-order valence-corrected chi connectivity index (χ4v) is 1.56. The molecule has 0 aliphatic rings. The number of hydrogen-bond acceptors (Lipinski definition) is 2. The summed E-state index contributed by atoms with van der Waals surface area (Å²) in [5.74, 6) is -0.199. The van der Waals surface area contributed by atoms with Crippen LogP contribution in [0.25, 0.3) is 0 Å². The first-order valence-electron chi connectivity index (χ1n) is 3.92. The summed E-state index contributed by atoms with van der Waals surface area (Å²) >= 11 is 5.84. The topological polar surface area (TPSA) is 42.0 Å². The van der Waals surface area contributed by atoms with Crippen molar-refractivity contribution in [2.45, 2.75) is 13.8 Å². The van der Waals surface area contributed by atoms with Gasteiger partial charge in [-0.1, -0.05) is 11.6 Å². The number of pyridine rings is 1. The number of aromatic nitrogens is 1. The Morgan fingerprint density at radius 2 is 2.15 bits per heavy atom. The Kier molecular flexibility index (Phi) is 2.88. The van der Waals surface area contributed by atoms with Crippen molar-refractivity contribution in [1.29, 1.82) is 0 Å². The molecule has 0 saturated heterocycles. The molecule has 0 spiro atoms. The maximum absolute atomic E-state index is 11.3. The number of halogens is 1. The third-order valence-electron chi connectivity index (χ3n) is 1.75. The van der Waals surface area contributed by atoms with E-state index in [-0.39, 0.29) is 11.1 Å². The Hall–Kier alpha value is -1.09. The molecule has 0 bridgehead atoms. The van der Waals surface area contributed by atoms with E-state index in [2.05, 4.69) is 10.3 Å². The Balaban J connectivity index is 3.28. The fourth-order valence-electron chi connectivity index (χ4n) is 1.19. The largest absolute Gasteiger partial charge is 0.355 e. The van der Waals surface area contributed by atoms with Crippen molar-refractivity contribution in [3.63, 3.8) is 0 Å². The van der Waals surface area contributed by atoms with Gasteiger partial charge in [-0.2, -0.15) is 0 Å². The molecular formula is C9H11ClN2O. The summed E-state index contributed by atoms with van der Waals surface area (Å²) in [5, 5.41) is 2.78. The number of aryl methyl sites for hydroxylation is 2. The highest BCUT2D eigenvalue weighted by molar-refractivity contribution is 6.32. The molecule has 0 aliphatic carbocycles. The molecule has 70 valence electrons. The standard InChI is InChI=1S/C9H11ClN2O/c1-5-4-6(2)12-8(10)7(5)9(13)11-3/h4H,1-3H3,(H,11,13). The van der Waals surface area contributed by atoms with Gasteiger partial charge in [0.1, 0.15) is 5.15 Å². The highest BCUT2D eigenvalue weighted by Gasteiger charge is 2.13. The average Bonchev–Trinajstić information content (AvgIpc) is 2.02. The van der Waals surface area contributed by atoms with Gasteiger partial charge in [-0.05, 0) is 25.5 Å². The minimum Gasteiger partial charge on any atom is -0.355 e. The first kappa shape index (κ1) is 9.99. The molecule has 0 atom stereocenters. The lowest BCUT2D eigenvalue weighted by Crippen LogP contribution is -2.20.